The molecule has 0 atom stereocenters. The van der Waals surface area contributed by atoms with Gasteiger partial charge >= 0.3 is 0 Å². The summed E-state index contributed by atoms with van der Waals surface area (Å²) in [6, 6.07) is 13.0. The van der Waals surface area contributed by atoms with Gasteiger partial charge < -0.3 is 18.5 Å². The number of nitrogens with zero attached hydrogens (tertiary/aromatic N) is 3. The lowest BCUT2D eigenvalue weighted by molar-refractivity contribution is 0.354. The second-order valence-corrected chi connectivity index (χ2v) is 6.73. The Kier molecular flexibility index (Phi) is 5.22. The topological polar surface area (TPSA) is 83.4 Å². The highest BCUT2D eigenvalue weighted by atomic mass is 35.5. The monoisotopic (exact) mass is 411 g/mol. The summed E-state index contributed by atoms with van der Waals surface area (Å²) in [4.78, 5) is 4.53. The second kappa shape index (κ2) is 7.97. The van der Waals surface area contributed by atoms with Crippen LogP contribution in [0.1, 0.15) is 17.1 Å². The minimum absolute atomic E-state index is 0.328. The van der Waals surface area contributed by atoms with E-state index in [9.17, 15) is 0 Å². The van der Waals surface area contributed by atoms with Gasteiger partial charge in [-0.25, -0.2) is 0 Å². The lowest BCUT2D eigenvalue weighted by atomic mass is 10.1. The van der Waals surface area contributed by atoms with Gasteiger partial charge in [-0.3, -0.25) is 0 Å². The van der Waals surface area contributed by atoms with E-state index in [1.165, 1.54) is 0 Å². The Morgan fingerprint density at radius 1 is 0.966 bits per heavy atom. The van der Waals surface area contributed by atoms with Crippen LogP contribution in [0.2, 0.25) is 5.02 Å². The van der Waals surface area contributed by atoms with Crippen LogP contribution in [-0.2, 0) is 6.42 Å². The van der Waals surface area contributed by atoms with Crippen LogP contribution in [0.3, 0.4) is 0 Å². The Labute approximate surface area is 172 Å². The molecule has 2 aromatic heterocycles. The zero-order valence-corrected chi connectivity index (χ0v) is 16.9. The molecule has 4 aromatic rings. The molecule has 0 spiro atoms. The first kappa shape index (κ1) is 19.0. The first-order valence-electron chi connectivity index (χ1n) is 8.85. The molecule has 0 saturated heterocycles. The van der Waals surface area contributed by atoms with Crippen LogP contribution in [0.5, 0.6) is 11.5 Å². The van der Waals surface area contributed by atoms with Gasteiger partial charge in [0.2, 0.25) is 0 Å². The zero-order chi connectivity index (χ0) is 20.4. The molecule has 0 amide bonds. The van der Waals surface area contributed by atoms with Crippen LogP contribution in [0.25, 0.3) is 22.7 Å². The summed E-state index contributed by atoms with van der Waals surface area (Å²) in [6.45, 7) is 1.79. The number of benzene rings is 2. The van der Waals surface area contributed by atoms with E-state index in [0.717, 1.165) is 11.1 Å². The van der Waals surface area contributed by atoms with Crippen LogP contribution in [0.15, 0.2) is 51.5 Å². The molecule has 0 radical (unpaired) electrons. The normalized spacial score (nSPS) is 10.9. The van der Waals surface area contributed by atoms with E-state index in [1.54, 1.807) is 27.2 Å². The smallest absolute Gasteiger partial charge is 0.263 e. The van der Waals surface area contributed by atoms with Crippen LogP contribution in [0, 0.1) is 6.92 Å². The van der Waals surface area contributed by atoms with Crippen LogP contribution in [-0.4, -0.2) is 29.5 Å². The maximum absolute atomic E-state index is 6.32. The van der Waals surface area contributed by atoms with Crippen molar-refractivity contribution in [3.8, 4) is 34.2 Å². The predicted molar refractivity (Wildman–Crippen MR) is 107 cm³/mol. The Morgan fingerprint density at radius 2 is 1.76 bits per heavy atom. The number of hydrogen-bond acceptors (Lipinski definition) is 7. The summed E-state index contributed by atoms with van der Waals surface area (Å²) < 4.78 is 21.5. The molecule has 4 rings (SSSR count). The van der Waals surface area contributed by atoms with E-state index >= 15 is 0 Å². The minimum atomic E-state index is 0.328. The van der Waals surface area contributed by atoms with Crippen molar-refractivity contribution in [1.29, 1.82) is 0 Å². The molecule has 29 heavy (non-hydrogen) atoms. The average molecular weight is 412 g/mol. The SMILES string of the molecule is COc1ccc(Cc2noc(-c3c(-c4ccccc4Cl)noc3C)n2)cc1OC. The molecule has 0 N–H and O–H groups in total. The summed E-state index contributed by atoms with van der Waals surface area (Å²) in [5.74, 6) is 2.73. The molecular weight excluding hydrogens is 394 g/mol. The van der Waals surface area contributed by atoms with Crippen molar-refractivity contribution in [3.63, 3.8) is 0 Å². The minimum Gasteiger partial charge on any atom is -0.493 e. The maximum atomic E-state index is 6.32. The second-order valence-electron chi connectivity index (χ2n) is 6.32. The van der Waals surface area contributed by atoms with Gasteiger partial charge in [0.05, 0.1) is 19.2 Å². The number of aryl methyl sites for hydroxylation is 1. The van der Waals surface area contributed by atoms with Gasteiger partial charge in [-0.1, -0.05) is 46.2 Å². The Morgan fingerprint density at radius 3 is 2.52 bits per heavy atom. The van der Waals surface area contributed by atoms with Crippen molar-refractivity contribution in [2.75, 3.05) is 14.2 Å². The summed E-state index contributed by atoms with van der Waals surface area (Å²) in [6.07, 6.45) is 0.468. The molecule has 2 aromatic carbocycles. The molecule has 0 bridgehead atoms. The fourth-order valence-electron chi connectivity index (χ4n) is 3.06. The fourth-order valence-corrected chi connectivity index (χ4v) is 3.29. The highest BCUT2D eigenvalue weighted by Crippen LogP contribution is 2.36. The predicted octanol–water partition coefficient (Wildman–Crippen LogP) is 4.96. The van der Waals surface area contributed by atoms with Gasteiger partial charge in [0.15, 0.2) is 17.3 Å². The summed E-state index contributed by atoms with van der Waals surface area (Å²) in [5, 5.41) is 8.81. The van der Waals surface area contributed by atoms with Crippen molar-refractivity contribution < 1.29 is 18.5 Å². The highest BCUT2D eigenvalue weighted by molar-refractivity contribution is 6.33. The van der Waals surface area contributed by atoms with E-state index in [1.807, 2.05) is 36.4 Å². The molecule has 2 heterocycles. The summed E-state index contributed by atoms with van der Waals surface area (Å²) >= 11 is 6.32. The molecule has 0 unspecified atom stereocenters. The molecule has 0 aliphatic carbocycles. The number of rotatable bonds is 6. The molecular formula is C21H18ClN3O4. The Balaban J connectivity index is 1.66. The standard InChI is InChI=1S/C21H18ClN3O4/c1-12-19(20(25-28-12)14-6-4-5-7-15(14)22)21-23-18(24-29-21)11-13-8-9-16(26-2)17(10-13)27-3/h4-10H,11H2,1-3H3. The van der Waals surface area contributed by atoms with Crippen molar-refractivity contribution in [2.24, 2.45) is 0 Å². The third-order valence-corrected chi connectivity index (χ3v) is 4.81. The van der Waals surface area contributed by atoms with Gasteiger partial charge in [-0.05, 0) is 30.7 Å². The molecule has 7 nitrogen and oxygen atoms in total. The number of hydrogen-bond donors (Lipinski definition) is 0. The van der Waals surface area contributed by atoms with E-state index in [-0.39, 0.29) is 0 Å². The average Bonchev–Trinajstić information content (AvgIpc) is 3.34. The number of methoxy groups -OCH3 is 2. The van der Waals surface area contributed by atoms with Crippen LogP contribution >= 0.6 is 11.6 Å². The van der Waals surface area contributed by atoms with Crippen molar-refractivity contribution in [2.45, 2.75) is 13.3 Å². The lowest BCUT2D eigenvalue weighted by Crippen LogP contribution is -1.95. The first-order valence-corrected chi connectivity index (χ1v) is 9.23. The zero-order valence-electron chi connectivity index (χ0n) is 16.1. The number of halogens is 1. The fraction of sp³-hybridized carbons (Fsp3) is 0.190. The maximum Gasteiger partial charge on any atom is 0.263 e. The third-order valence-electron chi connectivity index (χ3n) is 4.48. The Bertz CT molecular complexity index is 1150. The molecule has 8 heteroatoms. The molecule has 148 valence electrons. The van der Waals surface area contributed by atoms with Crippen LogP contribution in [0.4, 0.5) is 0 Å². The number of ether oxygens (including phenoxy) is 2. The van der Waals surface area contributed by atoms with Gasteiger partial charge in [0, 0.05) is 12.0 Å². The van der Waals surface area contributed by atoms with Gasteiger partial charge in [0.25, 0.3) is 5.89 Å². The van der Waals surface area contributed by atoms with Gasteiger partial charge in [-0.2, -0.15) is 4.98 Å². The van der Waals surface area contributed by atoms with E-state index in [4.69, 9.17) is 30.1 Å². The lowest BCUT2D eigenvalue weighted by Gasteiger charge is -2.08. The third kappa shape index (κ3) is 3.69. The molecule has 0 aliphatic heterocycles. The highest BCUT2D eigenvalue weighted by Gasteiger charge is 2.23. The summed E-state index contributed by atoms with van der Waals surface area (Å²) in [7, 11) is 3.19. The largest absolute Gasteiger partial charge is 0.493 e. The molecule has 0 fully saturated rings. The molecule has 0 aliphatic rings. The summed E-state index contributed by atoms with van der Waals surface area (Å²) in [5.41, 5.74) is 2.89. The Hall–Kier alpha value is -3.32. The number of aromatic nitrogens is 3. The van der Waals surface area contributed by atoms with Crippen LogP contribution < -0.4 is 9.47 Å². The first-order chi connectivity index (χ1) is 14.1. The van der Waals surface area contributed by atoms with E-state index in [2.05, 4.69) is 15.3 Å². The molecule has 0 saturated carbocycles. The van der Waals surface area contributed by atoms with Crippen molar-refractivity contribution in [3.05, 3.63) is 64.6 Å². The quantitative estimate of drug-likeness (QED) is 0.443. The van der Waals surface area contributed by atoms with Crippen molar-refractivity contribution in [1.82, 2.24) is 15.3 Å². The van der Waals surface area contributed by atoms with E-state index < -0.39 is 0 Å². The van der Waals surface area contributed by atoms with E-state index in [0.29, 0.717) is 51.7 Å². The van der Waals surface area contributed by atoms with Gasteiger partial charge in [0.1, 0.15) is 17.0 Å². The van der Waals surface area contributed by atoms with Crippen molar-refractivity contribution >= 4 is 11.6 Å². The van der Waals surface area contributed by atoms with Gasteiger partial charge in [-0.15, -0.1) is 0 Å².